The van der Waals surface area contributed by atoms with Crippen molar-refractivity contribution in [3.63, 3.8) is 0 Å². The highest BCUT2D eigenvalue weighted by atomic mass is 35.5. The summed E-state index contributed by atoms with van der Waals surface area (Å²) in [6, 6.07) is 0.229. The number of aromatic nitrogens is 2. The van der Waals surface area contributed by atoms with Crippen LogP contribution in [0.1, 0.15) is 24.7 Å². The van der Waals surface area contributed by atoms with Crippen LogP contribution < -0.4 is 5.73 Å². The molecule has 0 bridgehead atoms. The van der Waals surface area contributed by atoms with Gasteiger partial charge in [0.2, 0.25) is 0 Å². The van der Waals surface area contributed by atoms with Gasteiger partial charge in [-0.1, -0.05) is 18.5 Å². The predicted molar refractivity (Wildman–Crippen MR) is 61.9 cm³/mol. The molecule has 0 amide bonds. The number of nitrogens with two attached hydrogens (primary N) is 1. The van der Waals surface area contributed by atoms with Gasteiger partial charge in [-0.25, -0.2) is 0 Å². The maximum absolute atomic E-state index is 6.18. The smallest absolute Gasteiger partial charge is 0.0847 e. The minimum Gasteiger partial charge on any atom is -0.327 e. The van der Waals surface area contributed by atoms with Gasteiger partial charge in [0.25, 0.3) is 0 Å². The maximum atomic E-state index is 6.18. The molecular formula is C11H18ClN3. The Bertz CT molecular complexity index is 372. The number of hydrogen-bond donors (Lipinski definition) is 1. The van der Waals surface area contributed by atoms with Crippen molar-refractivity contribution < 1.29 is 0 Å². The first-order valence-corrected chi connectivity index (χ1v) is 5.82. The van der Waals surface area contributed by atoms with Crippen LogP contribution in [0.15, 0.2) is 0 Å². The summed E-state index contributed by atoms with van der Waals surface area (Å²) in [6.45, 7) is 4.18. The molecule has 2 N–H and O–H groups in total. The molecule has 0 spiro atoms. The highest BCUT2D eigenvalue weighted by molar-refractivity contribution is 6.31. The van der Waals surface area contributed by atoms with Crippen molar-refractivity contribution in [1.82, 2.24) is 9.78 Å². The molecule has 0 aromatic carbocycles. The molecule has 84 valence electrons. The van der Waals surface area contributed by atoms with E-state index < -0.39 is 0 Å². The minimum absolute atomic E-state index is 0.229. The van der Waals surface area contributed by atoms with E-state index in [-0.39, 0.29) is 6.04 Å². The Hall–Kier alpha value is -0.540. The lowest BCUT2D eigenvalue weighted by Crippen LogP contribution is -2.27. The van der Waals surface area contributed by atoms with Gasteiger partial charge in [-0.05, 0) is 25.2 Å². The van der Waals surface area contributed by atoms with E-state index in [1.807, 2.05) is 18.7 Å². The van der Waals surface area contributed by atoms with Crippen LogP contribution in [0.5, 0.6) is 0 Å². The third-order valence-corrected chi connectivity index (χ3v) is 3.90. The van der Waals surface area contributed by atoms with Crippen molar-refractivity contribution in [2.75, 3.05) is 0 Å². The Morgan fingerprint density at radius 2 is 2.27 bits per heavy atom. The van der Waals surface area contributed by atoms with Gasteiger partial charge in [-0.2, -0.15) is 5.10 Å². The minimum atomic E-state index is 0.229. The third kappa shape index (κ3) is 2.04. The van der Waals surface area contributed by atoms with Gasteiger partial charge in [0.05, 0.1) is 16.4 Å². The summed E-state index contributed by atoms with van der Waals surface area (Å²) < 4.78 is 1.85. The normalized spacial score (nSPS) is 26.7. The molecule has 1 aromatic heterocycles. The predicted octanol–water partition coefficient (Wildman–Crippen LogP) is 1.91. The van der Waals surface area contributed by atoms with Crippen LogP contribution in [-0.4, -0.2) is 15.8 Å². The van der Waals surface area contributed by atoms with Crippen LogP contribution in [0.25, 0.3) is 0 Å². The molecular weight excluding hydrogens is 210 g/mol. The van der Waals surface area contributed by atoms with Gasteiger partial charge < -0.3 is 5.73 Å². The Morgan fingerprint density at radius 1 is 1.67 bits per heavy atom. The van der Waals surface area contributed by atoms with Crippen molar-refractivity contribution in [3.05, 3.63) is 16.4 Å². The summed E-state index contributed by atoms with van der Waals surface area (Å²) in [5.74, 6) is 1.46. The highest BCUT2D eigenvalue weighted by Crippen LogP contribution is 2.41. The zero-order valence-electron chi connectivity index (χ0n) is 9.50. The summed E-state index contributed by atoms with van der Waals surface area (Å²) in [7, 11) is 1.93. The topological polar surface area (TPSA) is 43.8 Å². The molecule has 2 rings (SSSR count). The third-order valence-electron chi connectivity index (χ3n) is 3.41. The van der Waals surface area contributed by atoms with Crippen molar-refractivity contribution in [3.8, 4) is 0 Å². The average molecular weight is 228 g/mol. The summed E-state index contributed by atoms with van der Waals surface area (Å²) in [5.41, 5.74) is 8.11. The lowest BCUT2D eigenvalue weighted by molar-refractivity contribution is 0.538. The quantitative estimate of drug-likeness (QED) is 0.858. The van der Waals surface area contributed by atoms with E-state index in [1.165, 1.54) is 6.42 Å². The molecule has 3 unspecified atom stereocenters. The zero-order chi connectivity index (χ0) is 11.2. The van der Waals surface area contributed by atoms with E-state index in [0.29, 0.717) is 5.92 Å². The molecule has 1 aliphatic rings. The van der Waals surface area contributed by atoms with E-state index in [1.54, 1.807) is 0 Å². The van der Waals surface area contributed by atoms with E-state index in [2.05, 4.69) is 12.0 Å². The number of nitrogens with zero attached hydrogens (tertiary/aromatic N) is 2. The van der Waals surface area contributed by atoms with Crippen molar-refractivity contribution in [2.45, 2.75) is 32.7 Å². The molecule has 3 nitrogen and oxygen atoms in total. The average Bonchev–Trinajstić information content (AvgIpc) is 2.84. The second-order valence-corrected chi connectivity index (χ2v) is 5.09. The van der Waals surface area contributed by atoms with Crippen molar-refractivity contribution >= 4 is 11.6 Å². The van der Waals surface area contributed by atoms with Crippen LogP contribution in [0.2, 0.25) is 5.02 Å². The number of halogens is 1. The van der Waals surface area contributed by atoms with E-state index in [0.717, 1.165) is 28.7 Å². The van der Waals surface area contributed by atoms with Crippen LogP contribution in [0.3, 0.4) is 0 Å². The second-order valence-electron chi connectivity index (χ2n) is 4.71. The van der Waals surface area contributed by atoms with Gasteiger partial charge >= 0.3 is 0 Å². The Labute approximate surface area is 95.6 Å². The Kier molecular flexibility index (Phi) is 2.77. The fraction of sp³-hybridized carbons (Fsp3) is 0.727. The first-order valence-electron chi connectivity index (χ1n) is 5.44. The standard InChI is InChI=1S/C11H18ClN3/c1-6-4-8(6)9(13)5-10-11(12)7(2)14-15(10)3/h6,8-9H,4-5,13H2,1-3H3. The monoisotopic (exact) mass is 227 g/mol. The number of rotatable bonds is 3. The molecule has 3 atom stereocenters. The summed E-state index contributed by atoms with van der Waals surface area (Å²) in [4.78, 5) is 0. The van der Waals surface area contributed by atoms with Crippen molar-refractivity contribution in [1.29, 1.82) is 0 Å². The molecule has 1 aliphatic carbocycles. The second kappa shape index (κ2) is 3.80. The fourth-order valence-electron chi connectivity index (χ4n) is 2.22. The molecule has 4 heteroatoms. The van der Waals surface area contributed by atoms with Crippen molar-refractivity contribution in [2.24, 2.45) is 24.6 Å². The first kappa shape index (κ1) is 11.0. The van der Waals surface area contributed by atoms with E-state index in [4.69, 9.17) is 17.3 Å². The molecule has 1 fully saturated rings. The molecule has 0 radical (unpaired) electrons. The van der Waals surface area contributed by atoms with Gasteiger partial charge in [0, 0.05) is 19.5 Å². The van der Waals surface area contributed by atoms with Crippen LogP contribution in [-0.2, 0) is 13.5 Å². The molecule has 15 heavy (non-hydrogen) atoms. The fourth-order valence-corrected chi connectivity index (χ4v) is 2.46. The van der Waals surface area contributed by atoms with Crippen LogP contribution in [0, 0.1) is 18.8 Å². The lowest BCUT2D eigenvalue weighted by Gasteiger charge is -2.11. The molecule has 1 heterocycles. The van der Waals surface area contributed by atoms with Gasteiger partial charge in [0.1, 0.15) is 0 Å². The highest BCUT2D eigenvalue weighted by Gasteiger charge is 2.38. The Balaban J connectivity index is 2.10. The summed E-state index contributed by atoms with van der Waals surface area (Å²) >= 11 is 6.18. The van der Waals surface area contributed by atoms with Gasteiger partial charge in [0.15, 0.2) is 0 Å². The number of aryl methyl sites for hydroxylation is 2. The van der Waals surface area contributed by atoms with E-state index in [9.17, 15) is 0 Å². The van der Waals surface area contributed by atoms with E-state index >= 15 is 0 Å². The largest absolute Gasteiger partial charge is 0.327 e. The number of hydrogen-bond acceptors (Lipinski definition) is 2. The first-order chi connectivity index (χ1) is 7.00. The molecule has 1 saturated carbocycles. The molecule has 0 aliphatic heterocycles. The summed E-state index contributed by atoms with van der Waals surface area (Å²) in [6.07, 6.45) is 2.10. The molecule has 0 saturated heterocycles. The SMILES string of the molecule is Cc1nn(C)c(CC(N)C2CC2C)c1Cl. The Morgan fingerprint density at radius 3 is 2.67 bits per heavy atom. The lowest BCUT2D eigenvalue weighted by atomic mass is 10.1. The van der Waals surface area contributed by atoms with Gasteiger partial charge in [-0.3, -0.25) is 4.68 Å². The van der Waals surface area contributed by atoms with Gasteiger partial charge in [-0.15, -0.1) is 0 Å². The van der Waals surface area contributed by atoms with Crippen LogP contribution >= 0.6 is 11.6 Å². The zero-order valence-corrected chi connectivity index (χ0v) is 10.3. The van der Waals surface area contributed by atoms with Crippen LogP contribution in [0.4, 0.5) is 0 Å². The molecule has 1 aromatic rings. The maximum Gasteiger partial charge on any atom is 0.0847 e. The summed E-state index contributed by atoms with van der Waals surface area (Å²) in [5, 5.41) is 5.07.